The number of anilines is 1. The molecule has 0 aliphatic heterocycles. The third kappa shape index (κ3) is 4.00. The topological polar surface area (TPSA) is 81.2 Å². The minimum Gasteiger partial charge on any atom is -0.461 e. The lowest BCUT2D eigenvalue weighted by molar-refractivity contribution is -0.116. The van der Waals surface area contributed by atoms with Gasteiger partial charge in [0.2, 0.25) is 17.6 Å². The third-order valence-electron chi connectivity index (χ3n) is 2.98. The second kappa shape index (κ2) is 6.97. The maximum atomic E-state index is 12.0. The zero-order chi connectivity index (χ0) is 16.2. The Morgan fingerprint density at radius 1 is 1.35 bits per heavy atom. The highest BCUT2D eigenvalue weighted by Gasteiger charge is 2.13. The first-order valence-corrected chi connectivity index (χ1v) is 7.90. The molecule has 0 atom stereocenters. The minimum atomic E-state index is -0.188. The Labute approximate surface area is 145 Å². The predicted octanol–water partition coefficient (Wildman–Crippen LogP) is 4.32. The molecule has 0 bridgehead atoms. The van der Waals surface area contributed by atoms with Crippen molar-refractivity contribution in [3.05, 3.63) is 52.0 Å². The number of aromatic nitrogens is 2. The number of hydrogen-bond donors (Lipinski definition) is 1. The number of hydrogen-bond acceptors (Lipinski definition) is 5. The summed E-state index contributed by atoms with van der Waals surface area (Å²) in [6, 6.07) is 8.71. The Balaban J connectivity index is 1.57. The minimum absolute atomic E-state index is 0.188. The van der Waals surface area contributed by atoms with Gasteiger partial charge in [0.15, 0.2) is 5.76 Å². The molecule has 0 saturated carbocycles. The highest BCUT2D eigenvalue weighted by molar-refractivity contribution is 9.10. The van der Waals surface area contributed by atoms with Crippen LogP contribution in [0.1, 0.15) is 12.3 Å². The molecule has 23 heavy (non-hydrogen) atoms. The molecule has 1 aromatic carbocycles. The summed E-state index contributed by atoms with van der Waals surface area (Å²) in [7, 11) is 0. The van der Waals surface area contributed by atoms with Gasteiger partial charge in [0.1, 0.15) is 0 Å². The summed E-state index contributed by atoms with van der Waals surface area (Å²) in [4.78, 5) is 16.1. The van der Waals surface area contributed by atoms with Crippen molar-refractivity contribution in [1.82, 2.24) is 10.1 Å². The molecule has 8 heteroatoms. The predicted molar refractivity (Wildman–Crippen MR) is 88.1 cm³/mol. The fourth-order valence-corrected chi connectivity index (χ4v) is 2.61. The van der Waals surface area contributed by atoms with Crippen molar-refractivity contribution in [3.63, 3.8) is 0 Å². The summed E-state index contributed by atoms with van der Waals surface area (Å²) in [5, 5.41) is 7.01. The Hall–Kier alpha value is -2.12. The molecule has 0 unspecified atom stereocenters. The summed E-state index contributed by atoms with van der Waals surface area (Å²) < 4.78 is 11.1. The number of furan rings is 1. The first-order chi connectivity index (χ1) is 11.1. The number of halogens is 2. The van der Waals surface area contributed by atoms with Crippen LogP contribution in [0.2, 0.25) is 5.02 Å². The largest absolute Gasteiger partial charge is 0.461 e. The van der Waals surface area contributed by atoms with Crippen LogP contribution in [0.4, 0.5) is 5.69 Å². The van der Waals surface area contributed by atoms with E-state index in [2.05, 4.69) is 31.4 Å². The van der Waals surface area contributed by atoms with Gasteiger partial charge in [-0.1, -0.05) is 32.7 Å². The molecule has 0 radical (unpaired) electrons. The number of benzene rings is 1. The zero-order valence-corrected chi connectivity index (χ0v) is 14.1. The van der Waals surface area contributed by atoms with Crippen molar-refractivity contribution in [1.29, 1.82) is 0 Å². The number of carbonyl (C=O) groups is 1. The lowest BCUT2D eigenvalue weighted by atomic mass is 10.2. The summed E-state index contributed by atoms with van der Waals surface area (Å²) in [6.07, 6.45) is 2.06. The molecule has 0 saturated heterocycles. The van der Waals surface area contributed by atoms with Crippen LogP contribution in [0.5, 0.6) is 0 Å². The zero-order valence-electron chi connectivity index (χ0n) is 11.8. The van der Waals surface area contributed by atoms with Gasteiger partial charge < -0.3 is 14.3 Å². The first-order valence-electron chi connectivity index (χ1n) is 6.73. The Morgan fingerprint density at radius 3 is 2.96 bits per heavy atom. The van der Waals surface area contributed by atoms with Gasteiger partial charge in [-0.3, -0.25) is 4.79 Å². The van der Waals surface area contributed by atoms with Crippen LogP contribution in [0.3, 0.4) is 0 Å². The maximum Gasteiger partial charge on any atom is 0.238 e. The van der Waals surface area contributed by atoms with E-state index in [0.29, 0.717) is 34.6 Å². The molecule has 1 amide bonds. The van der Waals surface area contributed by atoms with Crippen LogP contribution < -0.4 is 5.32 Å². The van der Waals surface area contributed by atoms with Gasteiger partial charge in [-0.15, -0.1) is 0 Å². The summed E-state index contributed by atoms with van der Waals surface area (Å²) in [5.41, 5.74) is 0.557. The van der Waals surface area contributed by atoms with Crippen molar-refractivity contribution < 1.29 is 13.7 Å². The molecule has 2 heterocycles. The van der Waals surface area contributed by atoms with E-state index in [1.54, 1.807) is 30.3 Å². The molecule has 2 aromatic heterocycles. The summed E-state index contributed by atoms with van der Waals surface area (Å²) in [6.45, 7) is 0. The second-order valence-corrected chi connectivity index (χ2v) is 5.98. The van der Waals surface area contributed by atoms with Gasteiger partial charge in [0.05, 0.1) is 17.0 Å². The SMILES string of the molecule is O=C(CCc1nc(-c2ccco2)no1)Nc1ccc(Br)cc1Cl. The first kappa shape index (κ1) is 15.8. The second-order valence-electron chi connectivity index (χ2n) is 4.66. The van der Waals surface area contributed by atoms with Crippen LogP contribution in [0, 0.1) is 0 Å². The van der Waals surface area contributed by atoms with Crippen LogP contribution in [0.25, 0.3) is 11.6 Å². The van der Waals surface area contributed by atoms with Crippen LogP contribution in [0.15, 0.2) is 50.0 Å². The van der Waals surface area contributed by atoms with Gasteiger partial charge >= 0.3 is 0 Å². The number of aryl methyl sites for hydroxylation is 1. The lowest BCUT2D eigenvalue weighted by Gasteiger charge is -2.06. The van der Waals surface area contributed by atoms with E-state index in [-0.39, 0.29) is 12.3 Å². The quantitative estimate of drug-likeness (QED) is 0.695. The highest BCUT2D eigenvalue weighted by atomic mass is 79.9. The van der Waals surface area contributed by atoms with E-state index in [9.17, 15) is 4.79 Å². The van der Waals surface area contributed by atoms with Crippen molar-refractivity contribution in [2.24, 2.45) is 0 Å². The average molecular weight is 397 g/mol. The Bertz CT molecular complexity index is 817. The molecular formula is C15H11BrClN3O3. The number of nitrogens with one attached hydrogen (secondary N) is 1. The molecular weight excluding hydrogens is 386 g/mol. The molecule has 3 rings (SSSR count). The molecule has 0 fully saturated rings. The van der Waals surface area contributed by atoms with Crippen molar-refractivity contribution >= 4 is 39.1 Å². The van der Waals surface area contributed by atoms with E-state index in [4.69, 9.17) is 20.5 Å². The Morgan fingerprint density at radius 2 is 2.22 bits per heavy atom. The molecule has 1 N–H and O–H groups in total. The van der Waals surface area contributed by atoms with Crippen LogP contribution in [-0.4, -0.2) is 16.0 Å². The van der Waals surface area contributed by atoms with E-state index in [0.717, 1.165) is 4.47 Å². The average Bonchev–Trinajstić information content (AvgIpc) is 3.18. The molecule has 3 aromatic rings. The molecule has 0 aliphatic carbocycles. The lowest BCUT2D eigenvalue weighted by Crippen LogP contribution is -2.12. The number of amides is 1. The molecule has 0 aliphatic rings. The highest BCUT2D eigenvalue weighted by Crippen LogP contribution is 2.25. The maximum absolute atomic E-state index is 12.0. The van der Waals surface area contributed by atoms with Crippen LogP contribution in [-0.2, 0) is 11.2 Å². The van der Waals surface area contributed by atoms with Crippen LogP contribution >= 0.6 is 27.5 Å². The van der Waals surface area contributed by atoms with E-state index < -0.39 is 0 Å². The van der Waals surface area contributed by atoms with Crippen molar-refractivity contribution in [2.75, 3.05) is 5.32 Å². The number of nitrogens with zero attached hydrogens (tertiary/aromatic N) is 2. The van der Waals surface area contributed by atoms with E-state index >= 15 is 0 Å². The standard InChI is InChI=1S/C15H11BrClN3O3/c16-9-3-4-11(10(17)8-9)18-13(21)5-6-14-19-15(20-23-14)12-2-1-7-22-12/h1-4,7-8H,5-6H2,(H,18,21). The molecule has 6 nitrogen and oxygen atoms in total. The monoisotopic (exact) mass is 395 g/mol. The van der Waals surface area contributed by atoms with Gasteiger partial charge in [-0.2, -0.15) is 4.98 Å². The molecule has 118 valence electrons. The Kier molecular flexibility index (Phi) is 4.78. The molecule has 0 spiro atoms. The van der Waals surface area contributed by atoms with Gasteiger partial charge in [0.25, 0.3) is 0 Å². The number of rotatable bonds is 5. The fourth-order valence-electron chi connectivity index (χ4n) is 1.89. The van der Waals surface area contributed by atoms with Gasteiger partial charge in [-0.05, 0) is 30.3 Å². The summed E-state index contributed by atoms with van der Waals surface area (Å²) >= 11 is 9.37. The fraction of sp³-hybridized carbons (Fsp3) is 0.133. The van der Waals surface area contributed by atoms with Crippen molar-refractivity contribution in [3.8, 4) is 11.6 Å². The smallest absolute Gasteiger partial charge is 0.238 e. The number of carbonyl (C=O) groups excluding carboxylic acids is 1. The van der Waals surface area contributed by atoms with Gasteiger partial charge in [-0.25, -0.2) is 0 Å². The van der Waals surface area contributed by atoms with Gasteiger partial charge in [0, 0.05) is 17.3 Å². The summed E-state index contributed by atoms with van der Waals surface area (Å²) in [5.74, 6) is 1.06. The van der Waals surface area contributed by atoms with Crippen molar-refractivity contribution in [2.45, 2.75) is 12.8 Å². The third-order valence-corrected chi connectivity index (χ3v) is 3.79. The van der Waals surface area contributed by atoms with E-state index in [1.165, 1.54) is 6.26 Å². The normalized spacial score (nSPS) is 10.7. The van der Waals surface area contributed by atoms with E-state index in [1.807, 2.05) is 0 Å².